The van der Waals surface area contributed by atoms with Gasteiger partial charge in [0.25, 0.3) is 0 Å². The molecule has 2 aliphatic rings. The van der Waals surface area contributed by atoms with E-state index in [1.54, 1.807) is 0 Å². The van der Waals surface area contributed by atoms with Crippen LogP contribution in [0.3, 0.4) is 0 Å². The Labute approximate surface area is 66.1 Å². The molecule has 1 aliphatic carbocycles. The van der Waals surface area contributed by atoms with Crippen molar-refractivity contribution in [2.75, 3.05) is 13.7 Å². The minimum absolute atomic E-state index is 0.00116. The fraction of sp³-hybridized carbons (Fsp3) is 0.875. The smallest absolute Gasteiger partial charge is 0.323 e. The van der Waals surface area contributed by atoms with Gasteiger partial charge >= 0.3 is 5.97 Å². The van der Waals surface area contributed by atoms with Crippen LogP contribution in [0.5, 0.6) is 0 Å². The molecule has 2 rings (SSSR count). The molecule has 0 bridgehead atoms. The Bertz CT molecular complexity index is 181. The monoisotopic (exact) mass is 155 g/mol. The highest BCUT2D eigenvalue weighted by atomic mass is 16.5. The zero-order valence-corrected chi connectivity index (χ0v) is 6.72. The Kier molecular flexibility index (Phi) is 1.42. The number of hydrogen-bond acceptors (Lipinski definition) is 3. The minimum atomic E-state index is -0.0871. The third-order valence-electron chi connectivity index (χ3n) is 3.06. The highest BCUT2D eigenvalue weighted by Crippen LogP contribution is 2.48. The first-order valence-electron chi connectivity index (χ1n) is 4.10. The molecule has 1 N–H and O–H groups in total. The molecule has 0 aromatic heterocycles. The maximum Gasteiger partial charge on any atom is 0.323 e. The van der Waals surface area contributed by atoms with E-state index in [-0.39, 0.29) is 12.0 Å². The van der Waals surface area contributed by atoms with Gasteiger partial charge in [-0.2, -0.15) is 0 Å². The highest BCUT2D eigenvalue weighted by Gasteiger charge is 2.54. The van der Waals surface area contributed by atoms with Crippen molar-refractivity contribution >= 4 is 5.97 Å². The molecule has 3 nitrogen and oxygen atoms in total. The fourth-order valence-corrected chi connectivity index (χ4v) is 2.04. The number of carbonyl (C=O) groups is 1. The minimum Gasteiger partial charge on any atom is -0.468 e. The Morgan fingerprint density at radius 3 is 2.64 bits per heavy atom. The average Bonchev–Trinajstić information content (AvgIpc) is 1.82. The van der Waals surface area contributed by atoms with Crippen molar-refractivity contribution in [2.24, 2.45) is 5.41 Å². The Hall–Kier alpha value is -0.570. The summed E-state index contributed by atoms with van der Waals surface area (Å²) in [6.45, 7) is 1.01. The molecule has 2 fully saturated rings. The van der Waals surface area contributed by atoms with Crippen molar-refractivity contribution < 1.29 is 9.53 Å². The van der Waals surface area contributed by atoms with Crippen LogP contribution < -0.4 is 5.32 Å². The number of methoxy groups -OCH3 is 1. The topological polar surface area (TPSA) is 38.3 Å². The SMILES string of the molecule is COC(=O)[C@H]1NCC12CCC2. The lowest BCUT2D eigenvalue weighted by molar-refractivity contribution is -0.156. The molecule has 1 heterocycles. The van der Waals surface area contributed by atoms with Crippen LogP contribution in [0.15, 0.2) is 0 Å². The van der Waals surface area contributed by atoms with E-state index in [9.17, 15) is 4.79 Å². The molecule has 62 valence electrons. The van der Waals surface area contributed by atoms with E-state index < -0.39 is 0 Å². The summed E-state index contributed by atoms with van der Waals surface area (Å²) in [6, 6.07) is 0.00116. The van der Waals surface area contributed by atoms with Gasteiger partial charge in [0.15, 0.2) is 0 Å². The van der Waals surface area contributed by atoms with E-state index in [2.05, 4.69) is 10.1 Å². The molecular weight excluding hydrogens is 142 g/mol. The van der Waals surface area contributed by atoms with Gasteiger partial charge in [0.05, 0.1) is 7.11 Å². The van der Waals surface area contributed by atoms with Gasteiger partial charge in [-0.15, -0.1) is 0 Å². The predicted molar refractivity (Wildman–Crippen MR) is 40.1 cm³/mol. The van der Waals surface area contributed by atoms with E-state index in [1.165, 1.54) is 26.4 Å². The van der Waals surface area contributed by atoms with Crippen LogP contribution >= 0.6 is 0 Å². The van der Waals surface area contributed by atoms with Crippen molar-refractivity contribution in [3.63, 3.8) is 0 Å². The van der Waals surface area contributed by atoms with Gasteiger partial charge in [-0.05, 0) is 12.8 Å². The van der Waals surface area contributed by atoms with Gasteiger partial charge in [-0.3, -0.25) is 4.79 Å². The lowest BCUT2D eigenvalue weighted by Gasteiger charge is -2.54. The largest absolute Gasteiger partial charge is 0.468 e. The first kappa shape index (κ1) is 7.10. The molecule has 0 radical (unpaired) electrons. The molecule has 1 saturated carbocycles. The van der Waals surface area contributed by atoms with Gasteiger partial charge in [-0.1, -0.05) is 6.42 Å². The third-order valence-corrected chi connectivity index (χ3v) is 3.06. The summed E-state index contributed by atoms with van der Waals surface area (Å²) in [5.41, 5.74) is 0.299. The Morgan fingerprint density at radius 1 is 1.64 bits per heavy atom. The van der Waals surface area contributed by atoms with Crippen LogP contribution in [0.4, 0.5) is 0 Å². The van der Waals surface area contributed by atoms with Crippen molar-refractivity contribution in [2.45, 2.75) is 25.3 Å². The van der Waals surface area contributed by atoms with Crippen molar-refractivity contribution in [3.05, 3.63) is 0 Å². The number of ether oxygens (including phenoxy) is 1. The average molecular weight is 155 g/mol. The van der Waals surface area contributed by atoms with Crippen molar-refractivity contribution in [1.29, 1.82) is 0 Å². The summed E-state index contributed by atoms with van der Waals surface area (Å²) in [5.74, 6) is -0.0871. The third kappa shape index (κ3) is 0.805. The fourth-order valence-electron chi connectivity index (χ4n) is 2.04. The molecule has 0 unspecified atom stereocenters. The van der Waals surface area contributed by atoms with Gasteiger partial charge in [0.1, 0.15) is 6.04 Å². The molecule has 1 spiro atoms. The van der Waals surface area contributed by atoms with E-state index >= 15 is 0 Å². The number of carbonyl (C=O) groups excluding carboxylic acids is 1. The van der Waals surface area contributed by atoms with E-state index in [4.69, 9.17) is 0 Å². The summed E-state index contributed by atoms with van der Waals surface area (Å²) < 4.78 is 4.68. The van der Waals surface area contributed by atoms with Gasteiger partial charge in [0.2, 0.25) is 0 Å². The molecule has 11 heavy (non-hydrogen) atoms. The second-order valence-electron chi connectivity index (χ2n) is 3.55. The maximum atomic E-state index is 11.1. The summed E-state index contributed by atoms with van der Waals surface area (Å²) >= 11 is 0. The van der Waals surface area contributed by atoms with Gasteiger partial charge in [-0.25, -0.2) is 0 Å². The number of hydrogen-bond donors (Lipinski definition) is 1. The number of esters is 1. The number of nitrogens with one attached hydrogen (secondary N) is 1. The van der Waals surface area contributed by atoms with Crippen LogP contribution in [-0.2, 0) is 9.53 Å². The summed E-state index contributed by atoms with van der Waals surface area (Å²) in [5, 5.41) is 3.11. The maximum absolute atomic E-state index is 11.1. The summed E-state index contributed by atoms with van der Waals surface area (Å²) in [4.78, 5) is 11.1. The molecular formula is C8H13NO2. The highest BCUT2D eigenvalue weighted by molar-refractivity contribution is 5.78. The summed E-state index contributed by atoms with van der Waals surface area (Å²) in [7, 11) is 1.45. The van der Waals surface area contributed by atoms with Crippen LogP contribution in [0.25, 0.3) is 0 Å². The quantitative estimate of drug-likeness (QED) is 0.553. The summed E-state index contributed by atoms with van der Waals surface area (Å²) in [6.07, 6.45) is 3.66. The molecule has 0 aromatic rings. The van der Waals surface area contributed by atoms with Gasteiger partial charge in [0, 0.05) is 12.0 Å². The second-order valence-corrected chi connectivity index (χ2v) is 3.55. The molecule has 0 aromatic carbocycles. The standard InChI is InChI=1S/C8H13NO2/c1-11-7(10)6-8(5-9-6)3-2-4-8/h6,9H,2-5H2,1H3/t6-/m1/s1. The lowest BCUT2D eigenvalue weighted by Crippen LogP contribution is -2.68. The van der Waals surface area contributed by atoms with E-state index in [0.29, 0.717) is 5.41 Å². The van der Waals surface area contributed by atoms with E-state index in [1.807, 2.05) is 0 Å². The molecule has 1 aliphatic heterocycles. The molecule has 0 amide bonds. The molecule has 1 atom stereocenters. The van der Waals surface area contributed by atoms with Crippen LogP contribution in [0.1, 0.15) is 19.3 Å². The lowest BCUT2D eigenvalue weighted by atomic mass is 9.59. The van der Waals surface area contributed by atoms with Crippen LogP contribution in [0.2, 0.25) is 0 Å². The predicted octanol–water partition coefficient (Wildman–Crippen LogP) is 0.301. The number of rotatable bonds is 1. The van der Waals surface area contributed by atoms with Crippen LogP contribution in [0, 0.1) is 5.41 Å². The molecule has 3 heteroatoms. The van der Waals surface area contributed by atoms with Crippen LogP contribution in [-0.4, -0.2) is 25.7 Å². The van der Waals surface area contributed by atoms with Crippen molar-refractivity contribution in [1.82, 2.24) is 5.32 Å². The molecule has 1 saturated heterocycles. The zero-order valence-electron chi connectivity index (χ0n) is 6.72. The Balaban J connectivity index is 2.00. The normalized spacial score (nSPS) is 32.3. The second kappa shape index (κ2) is 2.21. The zero-order chi connectivity index (χ0) is 7.90. The van der Waals surface area contributed by atoms with Gasteiger partial charge < -0.3 is 10.1 Å². The first-order valence-corrected chi connectivity index (χ1v) is 4.10. The van der Waals surface area contributed by atoms with Crippen molar-refractivity contribution in [3.8, 4) is 0 Å². The van der Waals surface area contributed by atoms with E-state index in [0.717, 1.165) is 6.54 Å². The Morgan fingerprint density at radius 2 is 2.36 bits per heavy atom. The first-order chi connectivity index (χ1) is 5.28.